The number of hydrogen-bond acceptors (Lipinski definition) is 12. The van der Waals surface area contributed by atoms with Gasteiger partial charge in [0.25, 0.3) is 0 Å². The number of ether oxygens (including phenoxy) is 5. The van der Waals surface area contributed by atoms with E-state index in [4.69, 9.17) is 40.3 Å². The van der Waals surface area contributed by atoms with Gasteiger partial charge in [0.1, 0.15) is 25.3 Å². The molecule has 11 nitrogen and oxygen atoms in total. The van der Waals surface area contributed by atoms with Crippen LogP contribution in [0.1, 0.15) is 12.8 Å². The van der Waals surface area contributed by atoms with Gasteiger partial charge < -0.3 is 40.3 Å². The lowest BCUT2D eigenvalue weighted by Gasteiger charge is -2.11. The monoisotopic (exact) mass is 528 g/mol. The van der Waals surface area contributed by atoms with Crippen molar-refractivity contribution >= 4 is 41.4 Å². The molecule has 0 unspecified atom stereocenters. The highest BCUT2D eigenvalue weighted by atomic mass is 32.2. The summed E-state index contributed by atoms with van der Waals surface area (Å²) < 4.78 is 26.0. The highest BCUT2D eigenvalue weighted by Crippen LogP contribution is 2.01. The highest BCUT2D eigenvalue weighted by molar-refractivity contribution is 7.98. The number of carboxylic acid groups (broad SMARTS) is 1. The molecule has 13 heteroatoms. The molecule has 200 valence electrons. The van der Waals surface area contributed by atoms with Gasteiger partial charge in [-0.15, -0.1) is 0 Å². The van der Waals surface area contributed by atoms with E-state index >= 15 is 0 Å². The number of aliphatic carboxylic acids is 1. The second kappa shape index (κ2) is 26.3. The molecule has 0 amide bonds. The van der Waals surface area contributed by atoms with Gasteiger partial charge in [-0.2, -0.15) is 23.5 Å². The predicted molar refractivity (Wildman–Crippen MR) is 134 cm³/mol. The summed E-state index contributed by atoms with van der Waals surface area (Å²) in [4.78, 5) is 32.4. The molecule has 5 N–H and O–H groups in total. The second-order valence-electron chi connectivity index (χ2n) is 6.49. The number of rotatable bonds is 21. The van der Waals surface area contributed by atoms with E-state index in [9.17, 15) is 14.4 Å². The third-order valence-electron chi connectivity index (χ3n) is 3.73. The van der Waals surface area contributed by atoms with Crippen molar-refractivity contribution < 1.29 is 43.2 Å². The van der Waals surface area contributed by atoms with Crippen molar-refractivity contribution in [3.63, 3.8) is 0 Å². The predicted octanol–water partition coefficient (Wildman–Crippen LogP) is 0.540. The number of thioether (sulfide) groups is 2. The molecular formula is C21H40N2O9S2. The molecule has 0 spiro atoms. The van der Waals surface area contributed by atoms with Crippen LogP contribution in [0.4, 0.5) is 0 Å². The van der Waals surface area contributed by atoms with E-state index in [1.54, 1.807) is 23.5 Å². The first kappa shape index (κ1) is 34.8. The Hall–Kier alpha value is -1.35. The average Bonchev–Trinajstić information content (AvgIpc) is 2.83. The van der Waals surface area contributed by atoms with Gasteiger partial charge in [-0.05, 0) is 36.9 Å². The summed E-state index contributed by atoms with van der Waals surface area (Å²) in [6.45, 7) is 5.50. The number of carboxylic acids is 1. The normalized spacial score (nSPS) is 12.1. The fraction of sp³-hybridized carbons (Fsp3) is 0.762. The minimum atomic E-state index is -0.981. The van der Waals surface area contributed by atoms with Crippen LogP contribution in [0.25, 0.3) is 0 Å². The standard InChI is InChI=1S/C18H36N2O7S2.C3H4O2/c1-28-13-3-15(19)17(21)26-11-9-24-7-5-23-6-8-25-10-12-27-18(22)16(20)4-14-29-2;1-2-3(4)5/h15-16H,3-14,19-20H2,1-2H3;2H,1H2,(H,4,5)/t15-,16-;/m0./s1. The molecule has 0 aliphatic carbocycles. The van der Waals surface area contributed by atoms with Crippen molar-refractivity contribution in [1.82, 2.24) is 0 Å². The summed E-state index contributed by atoms with van der Waals surface area (Å²) in [5.41, 5.74) is 11.4. The summed E-state index contributed by atoms with van der Waals surface area (Å²) >= 11 is 3.28. The van der Waals surface area contributed by atoms with Gasteiger partial charge in [0.2, 0.25) is 0 Å². The zero-order valence-electron chi connectivity index (χ0n) is 20.1. The molecule has 0 aromatic heterocycles. The quantitative estimate of drug-likeness (QED) is 0.107. The summed E-state index contributed by atoms with van der Waals surface area (Å²) in [7, 11) is 0. The Morgan fingerprint density at radius 1 is 0.765 bits per heavy atom. The van der Waals surface area contributed by atoms with Gasteiger partial charge >= 0.3 is 17.9 Å². The first-order valence-corrected chi connectivity index (χ1v) is 13.5. The van der Waals surface area contributed by atoms with Crippen LogP contribution in [0, 0.1) is 0 Å². The smallest absolute Gasteiger partial charge is 0.327 e. The van der Waals surface area contributed by atoms with Crippen molar-refractivity contribution in [2.24, 2.45) is 11.5 Å². The molecule has 0 aromatic carbocycles. The average molecular weight is 529 g/mol. The Morgan fingerprint density at radius 2 is 1.06 bits per heavy atom. The molecule has 34 heavy (non-hydrogen) atoms. The largest absolute Gasteiger partial charge is 0.478 e. The Labute approximate surface area is 210 Å². The van der Waals surface area contributed by atoms with Crippen molar-refractivity contribution in [2.45, 2.75) is 24.9 Å². The molecule has 0 rings (SSSR count). The first-order chi connectivity index (χ1) is 16.3. The Kier molecular flexibility index (Phi) is 26.9. The molecule has 0 saturated heterocycles. The van der Waals surface area contributed by atoms with E-state index in [-0.39, 0.29) is 13.2 Å². The maximum Gasteiger partial charge on any atom is 0.327 e. The summed E-state index contributed by atoms with van der Waals surface area (Å²) in [5, 5.41) is 7.60. The van der Waals surface area contributed by atoms with Crippen LogP contribution in [-0.2, 0) is 38.1 Å². The van der Waals surface area contributed by atoms with Crippen LogP contribution in [0.3, 0.4) is 0 Å². The molecule has 0 aromatic rings. The van der Waals surface area contributed by atoms with E-state index in [0.717, 1.165) is 17.6 Å². The number of nitrogens with two attached hydrogens (primary N) is 2. The van der Waals surface area contributed by atoms with E-state index < -0.39 is 30.0 Å². The molecule has 0 aliphatic rings. The number of esters is 2. The molecule has 0 saturated carbocycles. The van der Waals surface area contributed by atoms with E-state index in [1.807, 2.05) is 12.5 Å². The van der Waals surface area contributed by atoms with Crippen molar-refractivity contribution in [1.29, 1.82) is 0 Å². The zero-order valence-corrected chi connectivity index (χ0v) is 21.7. The highest BCUT2D eigenvalue weighted by Gasteiger charge is 2.14. The summed E-state index contributed by atoms with van der Waals surface area (Å²) in [6, 6.07) is -1.16. The van der Waals surface area contributed by atoms with Crippen LogP contribution >= 0.6 is 23.5 Å². The number of hydrogen-bond donors (Lipinski definition) is 3. The molecule has 2 atom stereocenters. The van der Waals surface area contributed by atoms with E-state index in [1.165, 1.54) is 0 Å². The van der Waals surface area contributed by atoms with Gasteiger partial charge in [0.05, 0.1) is 39.6 Å². The van der Waals surface area contributed by atoms with Crippen molar-refractivity contribution in [3.8, 4) is 0 Å². The Bertz CT molecular complexity index is 506. The van der Waals surface area contributed by atoms with E-state index in [2.05, 4.69) is 6.58 Å². The van der Waals surface area contributed by atoms with Crippen LogP contribution in [-0.4, -0.2) is 112 Å². The van der Waals surface area contributed by atoms with Gasteiger partial charge in [-0.1, -0.05) is 6.58 Å². The van der Waals surface area contributed by atoms with Crippen LogP contribution in [0.15, 0.2) is 12.7 Å². The number of carbonyl (C=O) groups excluding carboxylic acids is 2. The molecule has 0 radical (unpaired) electrons. The third-order valence-corrected chi connectivity index (χ3v) is 5.02. The second-order valence-corrected chi connectivity index (χ2v) is 8.46. The molecule has 0 bridgehead atoms. The molecular weight excluding hydrogens is 488 g/mol. The lowest BCUT2D eigenvalue weighted by Crippen LogP contribution is -2.33. The lowest BCUT2D eigenvalue weighted by molar-refractivity contribution is -0.147. The van der Waals surface area contributed by atoms with Gasteiger partial charge in [-0.3, -0.25) is 9.59 Å². The fourth-order valence-electron chi connectivity index (χ4n) is 1.88. The topological polar surface area (TPSA) is 170 Å². The minimum absolute atomic E-state index is 0.175. The minimum Gasteiger partial charge on any atom is -0.478 e. The van der Waals surface area contributed by atoms with Crippen molar-refractivity contribution in [3.05, 3.63) is 12.7 Å². The van der Waals surface area contributed by atoms with Crippen molar-refractivity contribution in [2.75, 3.05) is 76.9 Å². The first-order valence-electron chi connectivity index (χ1n) is 10.7. The summed E-state index contributed by atoms with van der Waals surface area (Å²) in [6.07, 6.45) is 5.96. The van der Waals surface area contributed by atoms with Crippen LogP contribution < -0.4 is 11.5 Å². The number of carbonyl (C=O) groups is 3. The molecule has 0 aliphatic heterocycles. The molecule has 0 fully saturated rings. The SMILES string of the molecule is C=CC(=O)O.CSCC[C@H](N)C(=O)OCCOCCOCCOCCOC(=O)[C@@H](N)CCSC. The maximum atomic E-state index is 11.6. The van der Waals surface area contributed by atoms with Crippen LogP contribution in [0.2, 0.25) is 0 Å². The molecule has 0 heterocycles. The van der Waals surface area contributed by atoms with E-state index in [0.29, 0.717) is 52.5 Å². The third kappa shape index (κ3) is 25.3. The lowest BCUT2D eigenvalue weighted by atomic mass is 10.2. The van der Waals surface area contributed by atoms with Crippen LogP contribution in [0.5, 0.6) is 0 Å². The fourth-order valence-corrected chi connectivity index (χ4v) is 2.86. The maximum absolute atomic E-state index is 11.6. The Morgan fingerprint density at radius 3 is 1.32 bits per heavy atom. The Balaban J connectivity index is 0. The van der Waals surface area contributed by atoms with Gasteiger partial charge in [0, 0.05) is 6.08 Å². The van der Waals surface area contributed by atoms with Gasteiger partial charge in [0.15, 0.2) is 0 Å². The zero-order chi connectivity index (χ0) is 26.0. The summed E-state index contributed by atoms with van der Waals surface area (Å²) in [5.74, 6) is -0.130. The van der Waals surface area contributed by atoms with Gasteiger partial charge in [-0.25, -0.2) is 4.79 Å².